The molecule has 0 aromatic heterocycles. The standard InChI is InChI=1S/C24H45N3O5S/c1-2-3-4-5-6-7-8-9-10-11-12-13-14-22(21(29)15-16-23(30)31)33-17-20(25)24(32)27-18-26-19-28/h13-14,19-22,29H,2-12,15-18,25H2,1H3,(H,26,28)(H,27,32)(H,30,31). The van der Waals surface area contributed by atoms with E-state index in [4.69, 9.17) is 10.8 Å². The van der Waals surface area contributed by atoms with Gasteiger partial charge in [-0.15, -0.1) is 11.8 Å². The molecule has 0 radical (unpaired) electrons. The zero-order chi connectivity index (χ0) is 24.7. The highest BCUT2D eigenvalue weighted by Crippen LogP contribution is 2.21. The Bertz CT molecular complexity index is 548. The molecular weight excluding hydrogens is 442 g/mol. The fraction of sp³-hybridized carbons (Fsp3) is 0.792. The fourth-order valence-electron chi connectivity index (χ4n) is 3.31. The van der Waals surface area contributed by atoms with Gasteiger partial charge in [0.05, 0.1) is 18.8 Å². The summed E-state index contributed by atoms with van der Waals surface area (Å²) in [5, 5.41) is 23.8. The average molecular weight is 488 g/mol. The molecule has 33 heavy (non-hydrogen) atoms. The Morgan fingerprint density at radius 3 is 2.21 bits per heavy atom. The lowest BCUT2D eigenvalue weighted by atomic mass is 10.1. The van der Waals surface area contributed by atoms with Crippen molar-refractivity contribution in [1.29, 1.82) is 0 Å². The quantitative estimate of drug-likeness (QED) is 0.0644. The van der Waals surface area contributed by atoms with E-state index in [9.17, 15) is 19.5 Å². The lowest BCUT2D eigenvalue weighted by Gasteiger charge is -2.21. The van der Waals surface area contributed by atoms with E-state index >= 15 is 0 Å². The van der Waals surface area contributed by atoms with Gasteiger partial charge in [-0.3, -0.25) is 14.4 Å². The van der Waals surface area contributed by atoms with E-state index < -0.39 is 24.0 Å². The number of hydrogen-bond acceptors (Lipinski definition) is 6. The van der Waals surface area contributed by atoms with Crippen molar-refractivity contribution in [2.75, 3.05) is 12.4 Å². The van der Waals surface area contributed by atoms with E-state index in [2.05, 4.69) is 17.6 Å². The lowest BCUT2D eigenvalue weighted by Crippen LogP contribution is -2.45. The van der Waals surface area contributed by atoms with Crippen molar-refractivity contribution >= 4 is 30.0 Å². The van der Waals surface area contributed by atoms with Crippen molar-refractivity contribution in [2.24, 2.45) is 5.73 Å². The molecule has 0 saturated heterocycles. The second-order valence-corrected chi connectivity index (χ2v) is 9.55. The van der Waals surface area contributed by atoms with E-state index in [1.807, 2.05) is 12.2 Å². The van der Waals surface area contributed by atoms with Gasteiger partial charge in [-0.05, 0) is 19.3 Å². The van der Waals surface area contributed by atoms with Crippen molar-refractivity contribution in [2.45, 2.75) is 108 Å². The second kappa shape index (κ2) is 22.2. The van der Waals surface area contributed by atoms with E-state index in [1.54, 1.807) is 0 Å². The summed E-state index contributed by atoms with van der Waals surface area (Å²) < 4.78 is 0. The first kappa shape index (κ1) is 31.4. The van der Waals surface area contributed by atoms with Crippen LogP contribution in [0.1, 0.15) is 90.4 Å². The molecule has 0 aliphatic heterocycles. The summed E-state index contributed by atoms with van der Waals surface area (Å²) >= 11 is 1.33. The molecule has 6 N–H and O–H groups in total. The molecule has 0 fully saturated rings. The number of carbonyl (C=O) groups excluding carboxylic acids is 2. The van der Waals surface area contributed by atoms with Gasteiger partial charge >= 0.3 is 5.97 Å². The van der Waals surface area contributed by atoms with Gasteiger partial charge in [0.25, 0.3) is 0 Å². The molecule has 8 nitrogen and oxygen atoms in total. The summed E-state index contributed by atoms with van der Waals surface area (Å²) in [6, 6.07) is -0.798. The summed E-state index contributed by atoms with van der Waals surface area (Å²) in [4.78, 5) is 33.0. The molecule has 9 heteroatoms. The SMILES string of the molecule is CCCCCCCCCCCCC=CC(SCC(N)C(=O)NCNC=O)C(O)CCC(=O)O. The highest BCUT2D eigenvalue weighted by atomic mass is 32.2. The van der Waals surface area contributed by atoms with Crippen LogP contribution >= 0.6 is 11.8 Å². The number of carbonyl (C=O) groups is 3. The van der Waals surface area contributed by atoms with Gasteiger partial charge in [0.15, 0.2) is 0 Å². The number of aliphatic hydroxyl groups is 1. The number of carboxylic acid groups (broad SMARTS) is 1. The van der Waals surface area contributed by atoms with Gasteiger partial charge in [0.2, 0.25) is 12.3 Å². The zero-order valence-electron chi connectivity index (χ0n) is 20.2. The second-order valence-electron chi connectivity index (χ2n) is 8.34. The van der Waals surface area contributed by atoms with Crippen molar-refractivity contribution < 1.29 is 24.6 Å². The van der Waals surface area contributed by atoms with E-state index in [1.165, 1.54) is 69.5 Å². The zero-order valence-corrected chi connectivity index (χ0v) is 21.0. The van der Waals surface area contributed by atoms with Crippen LogP contribution in [0, 0.1) is 0 Å². The van der Waals surface area contributed by atoms with Crippen LogP contribution in [0.2, 0.25) is 0 Å². The third-order valence-corrected chi connectivity index (χ3v) is 6.74. The predicted octanol–water partition coefficient (Wildman–Crippen LogP) is 3.33. The summed E-state index contributed by atoms with van der Waals surface area (Å²) in [6.07, 6.45) is 17.3. The smallest absolute Gasteiger partial charge is 0.303 e. The maximum atomic E-state index is 11.9. The fourth-order valence-corrected chi connectivity index (χ4v) is 4.47. The van der Waals surface area contributed by atoms with Crippen molar-refractivity contribution in [3.8, 4) is 0 Å². The first-order valence-corrected chi connectivity index (χ1v) is 13.4. The molecule has 2 amide bonds. The number of aliphatic carboxylic acids is 1. The topological polar surface area (TPSA) is 142 Å². The van der Waals surface area contributed by atoms with E-state index in [0.717, 1.165) is 12.8 Å². The Morgan fingerprint density at radius 1 is 1.03 bits per heavy atom. The van der Waals surface area contributed by atoms with Gasteiger partial charge in [-0.1, -0.05) is 76.9 Å². The van der Waals surface area contributed by atoms with Crippen LogP contribution in [0.3, 0.4) is 0 Å². The first-order chi connectivity index (χ1) is 15.9. The van der Waals surface area contributed by atoms with Crippen LogP contribution in [0.15, 0.2) is 12.2 Å². The first-order valence-electron chi connectivity index (χ1n) is 12.3. The Hall–Kier alpha value is -1.58. The number of amides is 2. The third kappa shape index (κ3) is 19.6. The summed E-state index contributed by atoms with van der Waals surface area (Å²) in [5.41, 5.74) is 5.89. The molecular formula is C24H45N3O5S. The minimum absolute atomic E-state index is 0.00409. The number of allylic oxidation sites excluding steroid dienone is 1. The molecule has 0 aromatic rings. The molecule has 0 aliphatic carbocycles. The van der Waals surface area contributed by atoms with Crippen LogP contribution in [-0.4, -0.2) is 58.3 Å². The number of hydrogen-bond donors (Lipinski definition) is 5. The van der Waals surface area contributed by atoms with Gasteiger partial charge in [-0.2, -0.15) is 0 Å². The summed E-state index contributed by atoms with van der Waals surface area (Å²) in [6.45, 7) is 2.24. The van der Waals surface area contributed by atoms with Crippen LogP contribution in [0.4, 0.5) is 0 Å². The molecule has 0 heterocycles. The van der Waals surface area contributed by atoms with Gasteiger partial charge < -0.3 is 26.6 Å². The summed E-state index contributed by atoms with van der Waals surface area (Å²) in [7, 11) is 0. The maximum absolute atomic E-state index is 11.9. The van der Waals surface area contributed by atoms with Crippen molar-refractivity contribution in [3.05, 3.63) is 12.2 Å². The molecule has 3 unspecified atom stereocenters. The number of aliphatic hydroxyl groups excluding tert-OH is 1. The molecule has 3 atom stereocenters. The van der Waals surface area contributed by atoms with Gasteiger partial charge in [-0.25, -0.2) is 0 Å². The number of nitrogens with one attached hydrogen (secondary N) is 2. The highest BCUT2D eigenvalue weighted by Gasteiger charge is 2.21. The maximum Gasteiger partial charge on any atom is 0.303 e. The van der Waals surface area contributed by atoms with Gasteiger partial charge in [0, 0.05) is 17.4 Å². The molecule has 0 aromatic carbocycles. The lowest BCUT2D eigenvalue weighted by molar-refractivity contribution is -0.137. The van der Waals surface area contributed by atoms with E-state index in [-0.39, 0.29) is 30.5 Å². The van der Waals surface area contributed by atoms with E-state index in [0.29, 0.717) is 6.41 Å². The average Bonchev–Trinajstić information content (AvgIpc) is 2.79. The molecule has 0 aliphatic rings. The number of carboxylic acids is 1. The molecule has 0 rings (SSSR count). The Morgan fingerprint density at radius 2 is 1.64 bits per heavy atom. The molecule has 192 valence electrons. The summed E-state index contributed by atoms with van der Waals surface area (Å²) in [5.74, 6) is -1.08. The molecule has 0 bridgehead atoms. The van der Waals surface area contributed by atoms with Crippen LogP contribution in [0.5, 0.6) is 0 Å². The minimum atomic E-state index is -0.953. The number of rotatable bonds is 23. The highest BCUT2D eigenvalue weighted by molar-refractivity contribution is 8.00. The monoisotopic (exact) mass is 487 g/mol. The normalized spacial score (nSPS) is 14.0. The largest absolute Gasteiger partial charge is 0.481 e. The Kier molecular flexibility index (Phi) is 21.2. The van der Waals surface area contributed by atoms with Crippen molar-refractivity contribution in [3.63, 3.8) is 0 Å². The predicted molar refractivity (Wildman–Crippen MR) is 135 cm³/mol. The van der Waals surface area contributed by atoms with Gasteiger partial charge in [0.1, 0.15) is 0 Å². The molecule has 0 spiro atoms. The van der Waals surface area contributed by atoms with Crippen LogP contribution in [0.25, 0.3) is 0 Å². The minimum Gasteiger partial charge on any atom is -0.481 e. The van der Waals surface area contributed by atoms with Crippen LogP contribution < -0.4 is 16.4 Å². The number of nitrogens with two attached hydrogens (primary N) is 1. The number of thioether (sulfide) groups is 1. The Labute approximate surface area is 203 Å². The third-order valence-electron chi connectivity index (χ3n) is 5.34. The van der Waals surface area contributed by atoms with Crippen molar-refractivity contribution in [1.82, 2.24) is 10.6 Å². The molecule has 0 saturated carbocycles. The van der Waals surface area contributed by atoms with Crippen LogP contribution in [-0.2, 0) is 14.4 Å². The number of unbranched alkanes of at least 4 members (excludes halogenated alkanes) is 10. The Balaban J connectivity index is 4.30.